The van der Waals surface area contributed by atoms with Gasteiger partial charge >= 0.3 is 0 Å². The summed E-state index contributed by atoms with van der Waals surface area (Å²) in [5.74, 6) is -2.14. The van der Waals surface area contributed by atoms with E-state index in [2.05, 4.69) is 5.32 Å². The molecule has 2 amide bonds. The molecule has 2 aliphatic rings. The van der Waals surface area contributed by atoms with Crippen LogP contribution < -0.4 is 20.5 Å². The maximum Gasteiger partial charge on any atom is 0.258 e. The molecule has 1 aromatic rings. The van der Waals surface area contributed by atoms with Crippen LogP contribution in [0.25, 0.3) is 0 Å². The fraction of sp³-hybridized carbons (Fsp3) is 0.591. The molecule has 7 nitrogen and oxygen atoms in total. The molecule has 1 aromatic carbocycles. The second kappa shape index (κ2) is 9.38. The molecule has 1 heterocycles. The van der Waals surface area contributed by atoms with Crippen molar-refractivity contribution in [2.24, 2.45) is 11.1 Å². The van der Waals surface area contributed by atoms with Crippen molar-refractivity contribution in [1.29, 1.82) is 0 Å². The maximum atomic E-state index is 15.2. The third-order valence-electron chi connectivity index (χ3n) is 6.23. The van der Waals surface area contributed by atoms with Gasteiger partial charge in [-0.15, -0.1) is 0 Å². The Labute approximate surface area is 180 Å². The van der Waals surface area contributed by atoms with Gasteiger partial charge in [-0.2, -0.15) is 0 Å². The lowest BCUT2D eigenvalue weighted by Gasteiger charge is -2.34. The first kappa shape index (κ1) is 23.2. The normalized spacial score (nSPS) is 25.5. The minimum atomic E-state index is -1.71. The molecule has 1 saturated heterocycles. The van der Waals surface area contributed by atoms with Crippen LogP contribution in [0.4, 0.5) is 8.78 Å². The first-order valence-electron chi connectivity index (χ1n) is 10.4. The van der Waals surface area contributed by atoms with Gasteiger partial charge in [-0.05, 0) is 37.8 Å². The van der Waals surface area contributed by atoms with Crippen LogP contribution in [0, 0.1) is 17.8 Å². The van der Waals surface area contributed by atoms with E-state index in [0.29, 0.717) is 25.7 Å². The molecule has 31 heavy (non-hydrogen) atoms. The predicted octanol–water partition coefficient (Wildman–Crippen LogP) is 3.06. The van der Waals surface area contributed by atoms with Crippen molar-refractivity contribution < 1.29 is 32.6 Å². The Balaban J connectivity index is 1.70. The van der Waals surface area contributed by atoms with Gasteiger partial charge in [0.2, 0.25) is 5.91 Å². The number of halogens is 2. The molecule has 1 aliphatic carbocycles. The average Bonchev–Trinajstić information content (AvgIpc) is 2.75. The fourth-order valence-electron chi connectivity index (χ4n) is 3.91. The van der Waals surface area contributed by atoms with E-state index in [1.165, 1.54) is 19.2 Å². The number of carbonyl (C=O) groups is 2. The summed E-state index contributed by atoms with van der Waals surface area (Å²) < 4.78 is 46.0. The van der Waals surface area contributed by atoms with Crippen molar-refractivity contribution in [1.82, 2.24) is 5.32 Å². The summed E-state index contributed by atoms with van der Waals surface area (Å²) in [5, 5.41) is 2.36. The summed E-state index contributed by atoms with van der Waals surface area (Å²) in [6, 6.07) is 2.83. The highest BCUT2D eigenvalue weighted by Crippen LogP contribution is 2.38. The van der Waals surface area contributed by atoms with Crippen LogP contribution in [0.1, 0.15) is 55.8 Å². The van der Waals surface area contributed by atoms with Crippen LogP contribution in [0.2, 0.25) is 0 Å². The van der Waals surface area contributed by atoms with Crippen molar-refractivity contribution in [3.63, 3.8) is 0 Å². The second-order valence-corrected chi connectivity index (χ2v) is 8.46. The van der Waals surface area contributed by atoms with Gasteiger partial charge in [0.05, 0.1) is 19.8 Å². The third-order valence-corrected chi connectivity index (χ3v) is 6.23. The molecule has 171 valence electrons. The van der Waals surface area contributed by atoms with E-state index < -0.39 is 22.8 Å². The molecular weight excluding hydrogens is 410 g/mol. The Hall–Kier alpha value is -2.42. The molecule has 3 rings (SSSR count). The molecule has 1 saturated carbocycles. The minimum Gasteiger partial charge on any atom is -0.496 e. The number of primary amides is 1. The van der Waals surface area contributed by atoms with Gasteiger partial charge in [0.15, 0.2) is 11.6 Å². The summed E-state index contributed by atoms with van der Waals surface area (Å²) in [7, 11) is 1.32. The van der Waals surface area contributed by atoms with E-state index in [1.54, 1.807) is 0 Å². The quantitative estimate of drug-likeness (QED) is 0.680. The average molecular weight is 439 g/mol. The van der Waals surface area contributed by atoms with Crippen LogP contribution >= 0.6 is 0 Å². The monoisotopic (exact) mass is 439 g/mol. The molecule has 3 N–H and O–H groups in total. The SMILES string of the molecule is COc1ccc(OC2CCC(C)(C(N)=O)CC2)c(F)c1C(=O)N[CH]C1(F)CCOCC1. The number of rotatable bonds is 7. The number of hydrogen-bond donors (Lipinski definition) is 2. The van der Waals surface area contributed by atoms with Gasteiger partial charge in [0.1, 0.15) is 17.0 Å². The van der Waals surface area contributed by atoms with Crippen molar-refractivity contribution >= 4 is 11.8 Å². The first-order chi connectivity index (χ1) is 14.7. The van der Waals surface area contributed by atoms with Gasteiger partial charge in [0, 0.05) is 31.5 Å². The number of hydrogen-bond acceptors (Lipinski definition) is 5. The Morgan fingerprint density at radius 2 is 1.81 bits per heavy atom. The maximum absolute atomic E-state index is 15.2. The molecule has 0 bridgehead atoms. The molecule has 1 radical (unpaired) electrons. The number of alkyl halides is 1. The van der Waals surface area contributed by atoms with Gasteiger partial charge < -0.3 is 25.3 Å². The van der Waals surface area contributed by atoms with E-state index in [9.17, 15) is 14.0 Å². The Kier molecular flexibility index (Phi) is 7.03. The van der Waals surface area contributed by atoms with Gasteiger partial charge in [0.25, 0.3) is 5.91 Å². The minimum absolute atomic E-state index is 0.0144. The number of benzene rings is 1. The van der Waals surface area contributed by atoms with Crippen molar-refractivity contribution in [2.75, 3.05) is 20.3 Å². The third kappa shape index (κ3) is 5.26. The van der Waals surface area contributed by atoms with Crippen molar-refractivity contribution in [3.05, 3.63) is 30.1 Å². The largest absolute Gasteiger partial charge is 0.496 e. The van der Waals surface area contributed by atoms with Crippen LogP contribution in [-0.4, -0.2) is 43.9 Å². The topological polar surface area (TPSA) is 99.9 Å². The zero-order chi connectivity index (χ0) is 22.6. The zero-order valence-corrected chi connectivity index (χ0v) is 17.8. The second-order valence-electron chi connectivity index (χ2n) is 8.46. The summed E-state index contributed by atoms with van der Waals surface area (Å²) >= 11 is 0. The van der Waals surface area contributed by atoms with Crippen molar-refractivity contribution in [3.8, 4) is 11.5 Å². The van der Waals surface area contributed by atoms with E-state index in [4.69, 9.17) is 19.9 Å². The lowest BCUT2D eigenvalue weighted by Crippen LogP contribution is -2.40. The Morgan fingerprint density at radius 1 is 1.19 bits per heavy atom. The van der Waals surface area contributed by atoms with Crippen LogP contribution in [0.3, 0.4) is 0 Å². The standard InChI is InChI=1S/C22H29F2N2O5/c1-21(20(25)28)7-5-14(6-8-21)31-16-4-3-15(29-2)17(18(16)23)19(27)26-13-22(24)9-11-30-12-10-22/h3-4,13-14H,5-12H2,1-2H3,(H2,25,28)(H,26,27). The van der Waals surface area contributed by atoms with Crippen LogP contribution in [0.15, 0.2) is 12.1 Å². The highest BCUT2D eigenvalue weighted by molar-refractivity contribution is 5.98. The van der Waals surface area contributed by atoms with Gasteiger partial charge in [-0.25, -0.2) is 8.78 Å². The predicted molar refractivity (Wildman–Crippen MR) is 109 cm³/mol. The molecule has 0 aromatic heterocycles. The van der Waals surface area contributed by atoms with Gasteiger partial charge in [-0.1, -0.05) is 6.92 Å². The smallest absolute Gasteiger partial charge is 0.258 e. The Morgan fingerprint density at radius 3 is 2.39 bits per heavy atom. The lowest BCUT2D eigenvalue weighted by atomic mass is 9.74. The van der Waals surface area contributed by atoms with Gasteiger partial charge in [-0.3, -0.25) is 9.59 Å². The molecule has 0 atom stereocenters. The highest BCUT2D eigenvalue weighted by atomic mass is 19.1. The number of methoxy groups -OCH3 is 1. The zero-order valence-electron chi connectivity index (χ0n) is 17.8. The Bertz CT molecular complexity index is 818. The number of amides is 2. The lowest BCUT2D eigenvalue weighted by molar-refractivity contribution is -0.129. The van der Waals surface area contributed by atoms with E-state index >= 15 is 4.39 Å². The molecular formula is C22H29F2N2O5. The number of nitrogens with two attached hydrogens (primary N) is 1. The van der Waals surface area contributed by atoms with Crippen molar-refractivity contribution in [2.45, 2.75) is 57.2 Å². The summed E-state index contributed by atoms with van der Waals surface area (Å²) in [4.78, 5) is 24.3. The fourth-order valence-corrected chi connectivity index (χ4v) is 3.91. The summed E-state index contributed by atoms with van der Waals surface area (Å²) in [6.45, 7) is 3.37. The summed E-state index contributed by atoms with van der Waals surface area (Å²) in [6.07, 6.45) is 2.06. The van der Waals surface area contributed by atoms with Crippen LogP contribution in [-0.2, 0) is 9.53 Å². The van der Waals surface area contributed by atoms with Crippen LogP contribution in [0.5, 0.6) is 11.5 Å². The molecule has 2 fully saturated rings. The summed E-state index contributed by atoms with van der Waals surface area (Å²) in [5.41, 5.74) is 2.81. The number of nitrogens with one attached hydrogen (secondary N) is 1. The number of ether oxygens (including phenoxy) is 3. The number of carbonyl (C=O) groups excluding carboxylic acids is 2. The van der Waals surface area contributed by atoms with E-state index in [1.807, 2.05) is 6.92 Å². The first-order valence-corrected chi connectivity index (χ1v) is 10.4. The molecule has 0 spiro atoms. The van der Waals surface area contributed by atoms with E-state index in [0.717, 1.165) is 6.54 Å². The van der Waals surface area contributed by atoms with E-state index in [-0.39, 0.29) is 55.1 Å². The molecule has 9 heteroatoms. The molecule has 0 unspecified atom stereocenters. The molecule has 1 aliphatic heterocycles. The highest BCUT2D eigenvalue weighted by Gasteiger charge is 2.37.